The summed E-state index contributed by atoms with van der Waals surface area (Å²) in [7, 11) is -3.76. The molecule has 0 atom stereocenters. The summed E-state index contributed by atoms with van der Waals surface area (Å²) in [5.74, 6) is -1.17. The molecule has 2 aromatic rings. The molecule has 2 aromatic carbocycles. The summed E-state index contributed by atoms with van der Waals surface area (Å²) < 4.78 is 27.7. The highest BCUT2D eigenvalue weighted by molar-refractivity contribution is 7.92. The van der Waals surface area contributed by atoms with E-state index in [0.717, 1.165) is 24.8 Å². The van der Waals surface area contributed by atoms with Crippen LogP contribution in [0.2, 0.25) is 0 Å². The molecule has 26 heavy (non-hydrogen) atoms. The average Bonchev–Trinajstić information content (AvgIpc) is 3.07. The molecule has 0 saturated carbocycles. The number of nitrogens with one attached hydrogen (secondary N) is 2. The molecule has 0 fully saturated rings. The zero-order valence-corrected chi connectivity index (χ0v) is 14.8. The van der Waals surface area contributed by atoms with Crippen LogP contribution in [0.5, 0.6) is 0 Å². The molecule has 4 N–H and O–H groups in total. The first-order valence-corrected chi connectivity index (χ1v) is 9.65. The summed E-state index contributed by atoms with van der Waals surface area (Å²) in [5.41, 5.74) is 7.73. The average molecular weight is 373 g/mol. The Balaban J connectivity index is 1.78. The molecule has 7 nitrogen and oxygen atoms in total. The number of sulfonamides is 1. The Hall–Kier alpha value is -2.87. The molecule has 3 rings (SSSR count). The highest BCUT2D eigenvalue weighted by Gasteiger charge is 2.19. The van der Waals surface area contributed by atoms with Crippen molar-refractivity contribution in [3.8, 4) is 0 Å². The number of anilines is 1. The Morgan fingerprint density at radius 2 is 1.81 bits per heavy atom. The van der Waals surface area contributed by atoms with Crippen LogP contribution >= 0.6 is 0 Å². The standard InChI is InChI=1S/C18H19N3O4S/c19-17(22)11-20-18(23)14-5-2-6-15(9-14)21-26(24,25)16-8-7-12-3-1-4-13(12)10-16/h2,5-10,21H,1,3-4,11H2,(H2,19,22)(H,20,23). The maximum Gasteiger partial charge on any atom is 0.261 e. The van der Waals surface area contributed by atoms with Crippen molar-refractivity contribution in [1.82, 2.24) is 5.32 Å². The van der Waals surface area contributed by atoms with Gasteiger partial charge in [-0.2, -0.15) is 0 Å². The van der Waals surface area contributed by atoms with Crippen LogP contribution in [0.15, 0.2) is 47.4 Å². The topological polar surface area (TPSA) is 118 Å². The zero-order valence-electron chi connectivity index (χ0n) is 14.0. The summed E-state index contributed by atoms with van der Waals surface area (Å²) in [6.45, 7) is -0.288. The molecule has 0 saturated heterocycles. The number of aryl methyl sites for hydroxylation is 2. The Morgan fingerprint density at radius 1 is 1.04 bits per heavy atom. The van der Waals surface area contributed by atoms with Gasteiger partial charge in [0, 0.05) is 11.3 Å². The van der Waals surface area contributed by atoms with E-state index >= 15 is 0 Å². The van der Waals surface area contributed by atoms with E-state index in [2.05, 4.69) is 10.0 Å². The van der Waals surface area contributed by atoms with E-state index in [0.29, 0.717) is 0 Å². The Labute approximate surface area is 151 Å². The summed E-state index contributed by atoms with van der Waals surface area (Å²) in [4.78, 5) is 22.9. The molecule has 1 aliphatic rings. The molecule has 1 aliphatic carbocycles. The van der Waals surface area contributed by atoms with Crippen molar-refractivity contribution in [3.05, 3.63) is 59.2 Å². The molecule has 8 heteroatoms. The molecule has 0 spiro atoms. The van der Waals surface area contributed by atoms with E-state index in [1.54, 1.807) is 24.3 Å². The van der Waals surface area contributed by atoms with Crippen molar-refractivity contribution in [1.29, 1.82) is 0 Å². The van der Waals surface area contributed by atoms with E-state index in [1.807, 2.05) is 6.07 Å². The Morgan fingerprint density at radius 3 is 2.58 bits per heavy atom. The van der Waals surface area contributed by atoms with E-state index in [-0.39, 0.29) is 22.7 Å². The fourth-order valence-electron chi connectivity index (χ4n) is 2.92. The first-order chi connectivity index (χ1) is 12.3. The van der Waals surface area contributed by atoms with Crippen molar-refractivity contribution in [3.63, 3.8) is 0 Å². The first-order valence-electron chi connectivity index (χ1n) is 8.16. The molecule has 2 amide bonds. The quantitative estimate of drug-likeness (QED) is 0.705. The highest BCUT2D eigenvalue weighted by atomic mass is 32.2. The maximum absolute atomic E-state index is 12.6. The van der Waals surface area contributed by atoms with E-state index in [1.165, 1.54) is 17.7 Å². The molecule has 0 aliphatic heterocycles. The number of amides is 2. The number of hydrogen-bond donors (Lipinski definition) is 3. The van der Waals surface area contributed by atoms with Gasteiger partial charge < -0.3 is 11.1 Å². The van der Waals surface area contributed by atoms with Crippen LogP contribution in [0.25, 0.3) is 0 Å². The van der Waals surface area contributed by atoms with Crippen molar-refractivity contribution in [2.45, 2.75) is 24.2 Å². The SMILES string of the molecule is NC(=O)CNC(=O)c1cccc(NS(=O)(=O)c2ccc3c(c2)CCC3)c1. The van der Waals surface area contributed by atoms with Crippen LogP contribution in [0, 0.1) is 0 Å². The van der Waals surface area contributed by atoms with Gasteiger partial charge in [0.05, 0.1) is 11.4 Å². The second-order valence-electron chi connectivity index (χ2n) is 6.12. The lowest BCUT2D eigenvalue weighted by atomic mass is 10.1. The molecule has 136 valence electrons. The summed E-state index contributed by atoms with van der Waals surface area (Å²) >= 11 is 0. The molecule has 0 aromatic heterocycles. The van der Waals surface area contributed by atoms with Crippen LogP contribution in [-0.4, -0.2) is 26.8 Å². The predicted molar refractivity (Wildman–Crippen MR) is 97.2 cm³/mol. The fraction of sp³-hybridized carbons (Fsp3) is 0.222. The third-order valence-corrected chi connectivity index (χ3v) is 5.56. The molecule has 0 heterocycles. The van der Waals surface area contributed by atoms with Crippen LogP contribution in [0.4, 0.5) is 5.69 Å². The lowest BCUT2D eigenvalue weighted by Crippen LogP contribution is -2.33. The molecule has 0 radical (unpaired) electrons. The minimum atomic E-state index is -3.76. The molecule has 0 bridgehead atoms. The van der Waals surface area contributed by atoms with Crippen LogP contribution < -0.4 is 15.8 Å². The third kappa shape index (κ3) is 4.02. The lowest BCUT2D eigenvalue weighted by molar-refractivity contribution is -0.117. The van der Waals surface area contributed by atoms with Gasteiger partial charge in [-0.15, -0.1) is 0 Å². The number of fused-ring (bicyclic) bond motifs is 1. The summed E-state index contributed by atoms with van der Waals surface area (Å²) in [6, 6.07) is 11.2. The number of primary amides is 1. The smallest absolute Gasteiger partial charge is 0.261 e. The highest BCUT2D eigenvalue weighted by Crippen LogP contribution is 2.26. The van der Waals surface area contributed by atoms with E-state index in [9.17, 15) is 18.0 Å². The first kappa shape index (κ1) is 17.9. The van der Waals surface area contributed by atoms with Gasteiger partial charge in [0.2, 0.25) is 5.91 Å². The predicted octanol–water partition coefficient (Wildman–Crippen LogP) is 1.19. The summed E-state index contributed by atoms with van der Waals surface area (Å²) in [6.07, 6.45) is 2.90. The third-order valence-electron chi connectivity index (χ3n) is 4.18. The second-order valence-corrected chi connectivity index (χ2v) is 7.80. The van der Waals surface area contributed by atoms with Gasteiger partial charge in [-0.25, -0.2) is 8.42 Å². The second kappa shape index (κ2) is 7.17. The van der Waals surface area contributed by atoms with E-state index < -0.39 is 21.8 Å². The lowest BCUT2D eigenvalue weighted by Gasteiger charge is -2.11. The van der Waals surface area contributed by atoms with Crippen molar-refractivity contribution < 1.29 is 18.0 Å². The Kier molecular flexibility index (Phi) is 4.94. The van der Waals surface area contributed by atoms with Crippen LogP contribution in [-0.2, 0) is 27.7 Å². The monoisotopic (exact) mass is 373 g/mol. The molecular weight excluding hydrogens is 354 g/mol. The van der Waals surface area contributed by atoms with Crippen LogP contribution in [0.1, 0.15) is 27.9 Å². The number of carbonyl (C=O) groups is 2. The largest absolute Gasteiger partial charge is 0.368 e. The summed E-state index contributed by atoms with van der Waals surface area (Å²) in [5, 5.41) is 2.36. The van der Waals surface area contributed by atoms with Crippen molar-refractivity contribution in [2.75, 3.05) is 11.3 Å². The van der Waals surface area contributed by atoms with Crippen molar-refractivity contribution >= 4 is 27.5 Å². The van der Waals surface area contributed by atoms with E-state index in [4.69, 9.17) is 5.73 Å². The minimum absolute atomic E-state index is 0.196. The molecule has 0 unspecified atom stereocenters. The Bertz CT molecular complexity index is 970. The normalized spacial score (nSPS) is 13.1. The van der Waals surface area contributed by atoms with Gasteiger partial charge in [-0.05, 0) is 60.7 Å². The minimum Gasteiger partial charge on any atom is -0.368 e. The number of rotatable bonds is 6. The number of hydrogen-bond acceptors (Lipinski definition) is 4. The molecular formula is C18H19N3O4S. The van der Waals surface area contributed by atoms with Gasteiger partial charge >= 0.3 is 0 Å². The van der Waals surface area contributed by atoms with Gasteiger partial charge in [0.1, 0.15) is 0 Å². The number of benzene rings is 2. The maximum atomic E-state index is 12.6. The number of nitrogens with two attached hydrogens (primary N) is 1. The van der Waals surface area contributed by atoms with Gasteiger partial charge in [-0.1, -0.05) is 12.1 Å². The van der Waals surface area contributed by atoms with Gasteiger partial charge in [0.15, 0.2) is 0 Å². The fourth-order valence-corrected chi connectivity index (χ4v) is 4.02. The van der Waals surface area contributed by atoms with Crippen molar-refractivity contribution in [2.24, 2.45) is 5.73 Å². The van der Waals surface area contributed by atoms with Crippen LogP contribution in [0.3, 0.4) is 0 Å². The number of carbonyl (C=O) groups excluding carboxylic acids is 2. The van der Waals surface area contributed by atoms with Gasteiger partial charge in [0.25, 0.3) is 15.9 Å². The van der Waals surface area contributed by atoms with Gasteiger partial charge in [-0.3, -0.25) is 14.3 Å². The zero-order chi connectivity index (χ0) is 18.7.